The van der Waals surface area contributed by atoms with Gasteiger partial charge in [-0.2, -0.15) is 0 Å². The molecule has 4 nitrogen and oxygen atoms in total. The van der Waals surface area contributed by atoms with Gasteiger partial charge in [0.1, 0.15) is 0 Å². The third kappa shape index (κ3) is 1.66. The molecule has 0 N–H and O–H groups in total. The highest BCUT2D eigenvalue weighted by molar-refractivity contribution is 6.03. The van der Waals surface area contributed by atoms with E-state index < -0.39 is 0 Å². The summed E-state index contributed by atoms with van der Waals surface area (Å²) in [7, 11) is 1.46. The molecule has 1 rings (SSSR count). The van der Waals surface area contributed by atoms with Crippen molar-refractivity contribution in [2.75, 3.05) is 7.11 Å². The summed E-state index contributed by atoms with van der Waals surface area (Å²) in [6.45, 7) is 3.34. The molecule has 4 heteroatoms. The van der Waals surface area contributed by atoms with Gasteiger partial charge in [-0.25, -0.2) is 9.97 Å². The van der Waals surface area contributed by atoms with E-state index in [1.165, 1.54) is 25.6 Å². The number of hydrogen-bond acceptors (Lipinski definition) is 4. The Bertz CT molecular complexity index is 292. The summed E-state index contributed by atoms with van der Waals surface area (Å²) in [6, 6.07) is 0.246. The molecule has 0 saturated carbocycles. The first-order valence-corrected chi connectivity index (χ1v) is 3.30. The summed E-state index contributed by atoms with van der Waals surface area (Å²) in [5.74, 6) is -0.197. The van der Waals surface area contributed by atoms with Crippen LogP contribution in [0.15, 0.2) is 25.0 Å². The van der Waals surface area contributed by atoms with Crippen molar-refractivity contribution in [2.45, 2.75) is 0 Å². The van der Waals surface area contributed by atoms with E-state index in [9.17, 15) is 4.79 Å². The van der Waals surface area contributed by atoms with Crippen molar-refractivity contribution < 1.29 is 9.53 Å². The van der Waals surface area contributed by atoms with Crippen LogP contribution >= 0.6 is 0 Å². The van der Waals surface area contributed by atoms with Crippen molar-refractivity contribution in [1.29, 1.82) is 0 Å². The number of methoxy groups -OCH3 is 1. The van der Waals surface area contributed by atoms with Gasteiger partial charge in [-0.1, -0.05) is 6.58 Å². The van der Waals surface area contributed by atoms with Gasteiger partial charge in [0, 0.05) is 12.4 Å². The van der Waals surface area contributed by atoms with Crippen molar-refractivity contribution in [1.82, 2.24) is 9.97 Å². The summed E-state index contributed by atoms with van der Waals surface area (Å²) in [5, 5.41) is 0. The van der Waals surface area contributed by atoms with E-state index in [-0.39, 0.29) is 11.8 Å². The lowest BCUT2D eigenvalue weighted by Gasteiger charge is -1.96. The Balaban J connectivity index is 2.91. The summed E-state index contributed by atoms with van der Waals surface area (Å²) in [6.07, 6.45) is 4.01. The maximum absolute atomic E-state index is 11.0. The molecule has 1 aromatic rings. The lowest BCUT2D eigenvalue weighted by molar-refractivity contribution is 0.104. The second-order valence-corrected chi connectivity index (χ2v) is 2.03. The van der Waals surface area contributed by atoms with Gasteiger partial charge >= 0.3 is 6.01 Å². The maximum Gasteiger partial charge on any atom is 0.316 e. The Morgan fingerprint density at radius 1 is 1.58 bits per heavy atom. The van der Waals surface area contributed by atoms with E-state index in [1.54, 1.807) is 0 Å². The molecule has 0 saturated heterocycles. The third-order valence-electron chi connectivity index (χ3n) is 1.28. The van der Waals surface area contributed by atoms with E-state index in [4.69, 9.17) is 4.74 Å². The molecule has 0 aliphatic carbocycles. The standard InChI is InChI=1S/C8H8N2O2/c1-3-7(11)6-4-9-8(12-2)10-5-6/h3-5H,1H2,2H3. The molecule has 0 spiro atoms. The predicted octanol–water partition coefficient (Wildman–Crippen LogP) is 0.854. The zero-order valence-corrected chi connectivity index (χ0v) is 6.65. The molecule has 62 valence electrons. The highest BCUT2D eigenvalue weighted by Crippen LogP contribution is 2.02. The Kier molecular flexibility index (Phi) is 2.53. The largest absolute Gasteiger partial charge is 0.467 e. The fourth-order valence-electron chi connectivity index (χ4n) is 0.667. The van der Waals surface area contributed by atoms with Crippen molar-refractivity contribution >= 4 is 5.78 Å². The van der Waals surface area contributed by atoms with Gasteiger partial charge in [-0.05, 0) is 6.08 Å². The summed E-state index contributed by atoms with van der Waals surface area (Å²) in [4.78, 5) is 18.5. The number of carbonyl (C=O) groups is 1. The van der Waals surface area contributed by atoms with Crippen molar-refractivity contribution in [2.24, 2.45) is 0 Å². The molecule has 0 unspecified atom stereocenters. The van der Waals surface area contributed by atoms with Gasteiger partial charge in [0.25, 0.3) is 0 Å². The van der Waals surface area contributed by atoms with Gasteiger partial charge in [0.05, 0.1) is 12.7 Å². The Labute approximate surface area is 69.9 Å². The molecule has 12 heavy (non-hydrogen) atoms. The molecule has 0 amide bonds. The van der Waals surface area contributed by atoms with Crippen LogP contribution in [0.2, 0.25) is 0 Å². The van der Waals surface area contributed by atoms with Gasteiger partial charge in [0.2, 0.25) is 0 Å². The minimum Gasteiger partial charge on any atom is -0.467 e. The molecule has 1 heterocycles. The molecule has 0 radical (unpaired) electrons. The van der Waals surface area contributed by atoms with Crippen molar-refractivity contribution in [3.05, 3.63) is 30.6 Å². The average molecular weight is 164 g/mol. The van der Waals surface area contributed by atoms with Gasteiger partial charge in [-0.15, -0.1) is 0 Å². The van der Waals surface area contributed by atoms with Crippen LogP contribution in [-0.2, 0) is 0 Å². The van der Waals surface area contributed by atoms with Crippen LogP contribution in [0.1, 0.15) is 10.4 Å². The highest BCUT2D eigenvalue weighted by atomic mass is 16.5. The third-order valence-corrected chi connectivity index (χ3v) is 1.28. The number of allylic oxidation sites excluding steroid dienone is 1. The molecule has 0 atom stereocenters. The number of carbonyl (C=O) groups excluding carboxylic acids is 1. The second kappa shape index (κ2) is 3.61. The molecular formula is C8H8N2O2. The zero-order valence-electron chi connectivity index (χ0n) is 6.65. The number of ether oxygens (including phenoxy) is 1. The van der Waals surface area contributed by atoms with Crippen molar-refractivity contribution in [3.63, 3.8) is 0 Å². The monoisotopic (exact) mass is 164 g/mol. The molecule has 0 bridgehead atoms. The lowest BCUT2D eigenvalue weighted by Crippen LogP contribution is -1.98. The number of ketones is 1. The summed E-state index contributed by atoms with van der Waals surface area (Å²) < 4.78 is 4.72. The van der Waals surface area contributed by atoms with Crippen LogP contribution in [0.3, 0.4) is 0 Å². The molecule has 0 aliphatic rings. The predicted molar refractivity (Wildman–Crippen MR) is 43.1 cm³/mol. The molecular weight excluding hydrogens is 156 g/mol. The number of nitrogens with zero attached hydrogens (tertiary/aromatic N) is 2. The Morgan fingerprint density at radius 3 is 2.58 bits per heavy atom. The second-order valence-electron chi connectivity index (χ2n) is 2.03. The Morgan fingerprint density at radius 2 is 2.17 bits per heavy atom. The van der Waals surface area contributed by atoms with Gasteiger partial charge in [-0.3, -0.25) is 4.79 Å². The first-order valence-electron chi connectivity index (χ1n) is 3.30. The van der Waals surface area contributed by atoms with Crippen molar-refractivity contribution in [3.8, 4) is 6.01 Å². The number of rotatable bonds is 3. The highest BCUT2D eigenvalue weighted by Gasteiger charge is 2.01. The van der Waals surface area contributed by atoms with E-state index in [2.05, 4.69) is 16.5 Å². The summed E-state index contributed by atoms with van der Waals surface area (Å²) in [5.41, 5.74) is 0.408. The minimum absolute atomic E-state index is 0.197. The smallest absolute Gasteiger partial charge is 0.316 e. The molecule has 0 aromatic carbocycles. The fourth-order valence-corrected chi connectivity index (χ4v) is 0.667. The summed E-state index contributed by atoms with van der Waals surface area (Å²) >= 11 is 0. The van der Waals surface area contributed by atoms with Crippen LogP contribution < -0.4 is 4.74 Å². The van der Waals surface area contributed by atoms with Gasteiger partial charge < -0.3 is 4.74 Å². The van der Waals surface area contributed by atoms with Crippen LogP contribution in [0.25, 0.3) is 0 Å². The molecule has 1 aromatic heterocycles. The van der Waals surface area contributed by atoms with E-state index in [0.717, 1.165) is 0 Å². The van der Waals surface area contributed by atoms with Crippen LogP contribution in [0.4, 0.5) is 0 Å². The number of hydrogen-bond donors (Lipinski definition) is 0. The van der Waals surface area contributed by atoms with Crippen LogP contribution in [-0.4, -0.2) is 22.9 Å². The van der Waals surface area contributed by atoms with E-state index >= 15 is 0 Å². The van der Waals surface area contributed by atoms with E-state index in [0.29, 0.717) is 5.56 Å². The molecule has 0 fully saturated rings. The maximum atomic E-state index is 11.0. The first kappa shape index (κ1) is 8.39. The fraction of sp³-hybridized carbons (Fsp3) is 0.125. The number of aromatic nitrogens is 2. The van der Waals surface area contributed by atoms with E-state index in [1.807, 2.05) is 0 Å². The zero-order chi connectivity index (χ0) is 8.97. The SMILES string of the molecule is C=CC(=O)c1cnc(OC)nc1. The lowest BCUT2D eigenvalue weighted by atomic mass is 10.2. The quantitative estimate of drug-likeness (QED) is 0.491. The minimum atomic E-state index is -0.197. The van der Waals surface area contributed by atoms with Crippen LogP contribution in [0.5, 0.6) is 6.01 Å². The average Bonchev–Trinajstić information content (AvgIpc) is 2.17. The topological polar surface area (TPSA) is 52.1 Å². The Hall–Kier alpha value is -1.71. The normalized spacial score (nSPS) is 9.08. The van der Waals surface area contributed by atoms with Crippen LogP contribution in [0, 0.1) is 0 Å². The first-order chi connectivity index (χ1) is 5.77. The van der Waals surface area contributed by atoms with Gasteiger partial charge in [0.15, 0.2) is 5.78 Å². The molecule has 0 aliphatic heterocycles.